The lowest BCUT2D eigenvalue weighted by molar-refractivity contribution is -0.137. The van der Waals surface area contributed by atoms with Crippen molar-refractivity contribution in [3.05, 3.63) is 65.5 Å². The van der Waals surface area contributed by atoms with Crippen molar-refractivity contribution in [2.75, 3.05) is 31.1 Å². The topological polar surface area (TPSA) is 45.4 Å². The number of aryl methyl sites for hydroxylation is 1. The summed E-state index contributed by atoms with van der Waals surface area (Å²) in [5.74, 6) is 1.03. The largest absolute Gasteiger partial charge is 0.419 e. The van der Waals surface area contributed by atoms with E-state index in [0.717, 1.165) is 17.2 Å². The molecule has 4 rings (SSSR count). The van der Waals surface area contributed by atoms with E-state index in [1.807, 2.05) is 36.1 Å². The van der Waals surface area contributed by atoms with Crippen LogP contribution in [0.3, 0.4) is 0 Å². The van der Waals surface area contributed by atoms with Crippen molar-refractivity contribution in [1.82, 2.24) is 15.1 Å². The Morgan fingerprint density at radius 1 is 0.966 bits per heavy atom. The van der Waals surface area contributed by atoms with Crippen molar-refractivity contribution >= 4 is 5.69 Å². The highest BCUT2D eigenvalue weighted by atomic mass is 19.4. The van der Waals surface area contributed by atoms with Gasteiger partial charge in [-0.2, -0.15) is 13.2 Å². The van der Waals surface area contributed by atoms with Crippen LogP contribution in [0.4, 0.5) is 18.9 Å². The minimum atomic E-state index is -4.33. The number of anilines is 1. The molecular weight excluding hydrogens is 381 g/mol. The van der Waals surface area contributed by atoms with E-state index in [1.54, 1.807) is 6.07 Å². The van der Waals surface area contributed by atoms with E-state index in [1.165, 1.54) is 12.1 Å². The van der Waals surface area contributed by atoms with Crippen molar-refractivity contribution in [2.24, 2.45) is 0 Å². The SMILES string of the molecule is Cc1cccc(-c2nnc(CN3CCN(c4cccc(C(F)(F)F)c4)CC3)o2)c1. The summed E-state index contributed by atoms with van der Waals surface area (Å²) < 4.78 is 44.6. The Morgan fingerprint density at radius 3 is 2.45 bits per heavy atom. The summed E-state index contributed by atoms with van der Waals surface area (Å²) in [6, 6.07) is 13.4. The molecule has 152 valence electrons. The summed E-state index contributed by atoms with van der Waals surface area (Å²) in [6.45, 7) is 5.22. The maximum atomic E-state index is 12.9. The van der Waals surface area contributed by atoms with E-state index in [9.17, 15) is 13.2 Å². The van der Waals surface area contributed by atoms with Crippen molar-refractivity contribution < 1.29 is 17.6 Å². The molecule has 0 saturated carbocycles. The normalized spacial score (nSPS) is 15.7. The van der Waals surface area contributed by atoms with Crippen LogP contribution >= 0.6 is 0 Å². The highest BCUT2D eigenvalue weighted by molar-refractivity contribution is 5.53. The van der Waals surface area contributed by atoms with Gasteiger partial charge < -0.3 is 9.32 Å². The second kappa shape index (κ2) is 7.87. The number of rotatable bonds is 4. The Hall–Kier alpha value is -2.87. The molecule has 0 amide bonds. The first-order valence-corrected chi connectivity index (χ1v) is 9.42. The van der Waals surface area contributed by atoms with Gasteiger partial charge in [0.2, 0.25) is 11.8 Å². The Morgan fingerprint density at radius 2 is 1.72 bits per heavy atom. The van der Waals surface area contributed by atoms with E-state index in [-0.39, 0.29) is 0 Å². The summed E-state index contributed by atoms with van der Waals surface area (Å²) in [7, 11) is 0. The monoisotopic (exact) mass is 402 g/mol. The lowest BCUT2D eigenvalue weighted by Crippen LogP contribution is -2.46. The predicted molar refractivity (Wildman–Crippen MR) is 103 cm³/mol. The van der Waals surface area contributed by atoms with E-state index < -0.39 is 11.7 Å². The van der Waals surface area contributed by atoms with Crippen LogP contribution in [0.25, 0.3) is 11.5 Å². The lowest BCUT2D eigenvalue weighted by atomic mass is 10.1. The average molecular weight is 402 g/mol. The summed E-state index contributed by atoms with van der Waals surface area (Å²) in [6.07, 6.45) is -4.33. The number of nitrogens with zero attached hydrogens (tertiary/aromatic N) is 4. The van der Waals surface area contributed by atoms with Gasteiger partial charge in [0.05, 0.1) is 12.1 Å². The zero-order valence-corrected chi connectivity index (χ0v) is 16.0. The van der Waals surface area contributed by atoms with E-state index >= 15 is 0 Å². The van der Waals surface area contributed by atoms with Crippen LogP contribution in [0.5, 0.6) is 0 Å². The van der Waals surface area contributed by atoms with Gasteiger partial charge in [0.1, 0.15) is 0 Å². The second-order valence-corrected chi connectivity index (χ2v) is 7.18. The molecule has 2 aromatic carbocycles. The van der Waals surface area contributed by atoms with Gasteiger partial charge in [-0.15, -0.1) is 10.2 Å². The summed E-state index contributed by atoms with van der Waals surface area (Å²) in [4.78, 5) is 4.13. The molecule has 1 aliphatic rings. The maximum absolute atomic E-state index is 12.9. The molecule has 8 heteroatoms. The number of halogens is 3. The van der Waals surface area contributed by atoms with E-state index in [4.69, 9.17) is 4.42 Å². The first-order valence-electron chi connectivity index (χ1n) is 9.42. The van der Waals surface area contributed by atoms with Crippen LogP contribution in [0, 0.1) is 6.92 Å². The van der Waals surface area contributed by atoms with Crippen LogP contribution in [-0.4, -0.2) is 41.3 Å². The van der Waals surface area contributed by atoms with Crippen molar-refractivity contribution in [1.29, 1.82) is 0 Å². The molecular formula is C21H21F3N4O. The zero-order valence-electron chi connectivity index (χ0n) is 16.0. The Bertz CT molecular complexity index is 978. The maximum Gasteiger partial charge on any atom is 0.416 e. The van der Waals surface area contributed by atoms with Gasteiger partial charge in [0, 0.05) is 37.4 Å². The molecule has 0 unspecified atom stereocenters. The van der Waals surface area contributed by atoms with Crippen LogP contribution in [-0.2, 0) is 12.7 Å². The van der Waals surface area contributed by atoms with Crippen LogP contribution in [0.1, 0.15) is 17.0 Å². The molecule has 2 heterocycles. The summed E-state index contributed by atoms with van der Waals surface area (Å²) in [5, 5.41) is 8.26. The predicted octanol–water partition coefficient (Wildman–Crippen LogP) is 4.39. The van der Waals surface area contributed by atoms with Crippen molar-refractivity contribution in [3.8, 4) is 11.5 Å². The highest BCUT2D eigenvalue weighted by Crippen LogP contribution is 2.32. The lowest BCUT2D eigenvalue weighted by Gasteiger charge is -2.35. The van der Waals surface area contributed by atoms with Crippen LogP contribution in [0.15, 0.2) is 52.9 Å². The highest BCUT2D eigenvalue weighted by Gasteiger charge is 2.31. The molecule has 5 nitrogen and oxygen atoms in total. The average Bonchev–Trinajstić information content (AvgIpc) is 3.17. The third-order valence-corrected chi connectivity index (χ3v) is 5.00. The summed E-state index contributed by atoms with van der Waals surface area (Å²) >= 11 is 0. The Kier molecular flexibility index (Phi) is 5.27. The number of alkyl halides is 3. The van der Waals surface area contributed by atoms with Gasteiger partial charge in [-0.25, -0.2) is 0 Å². The number of hydrogen-bond donors (Lipinski definition) is 0. The third-order valence-electron chi connectivity index (χ3n) is 5.00. The Labute approximate surface area is 166 Å². The second-order valence-electron chi connectivity index (χ2n) is 7.18. The molecule has 0 atom stereocenters. The van der Waals surface area contributed by atoms with Crippen LogP contribution < -0.4 is 4.90 Å². The molecule has 3 aromatic rings. The fraction of sp³-hybridized carbons (Fsp3) is 0.333. The molecule has 0 N–H and O–H groups in total. The number of piperazine rings is 1. The minimum absolute atomic E-state index is 0.492. The van der Waals surface area contributed by atoms with Gasteiger partial charge in [0.15, 0.2) is 0 Å². The molecule has 0 aliphatic carbocycles. The molecule has 1 aliphatic heterocycles. The first kappa shape index (κ1) is 19.4. The smallest absolute Gasteiger partial charge is 0.416 e. The van der Waals surface area contributed by atoms with Gasteiger partial charge in [-0.05, 0) is 37.3 Å². The number of benzene rings is 2. The van der Waals surface area contributed by atoms with Gasteiger partial charge >= 0.3 is 6.18 Å². The quantitative estimate of drug-likeness (QED) is 0.648. The van der Waals surface area contributed by atoms with E-state index in [2.05, 4.69) is 15.1 Å². The summed E-state index contributed by atoms with van der Waals surface area (Å²) in [5.41, 5.74) is 1.98. The zero-order chi connectivity index (χ0) is 20.4. The third kappa shape index (κ3) is 4.59. The van der Waals surface area contributed by atoms with Crippen LogP contribution in [0.2, 0.25) is 0 Å². The van der Waals surface area contributed by atoms with Crippen molar-refractivity contribution in [2.45, 2.75) is 19.6 Å². The van der Waals surface area contributed by atoms with Crippen molar-refractivity contribution in [3.63, 3.8) is 0 Å². The standard InChI is InChI=1S/C21H21F3N4O/c1-15-4-2-5-16(12-15)20-26-25-19(29-20)14-27-8-10-28(11-9-27)18-7-3-6-17(13-18)21(22,23)24/h2-7,12-13H,8-11,14H2,1H3. The minimum Gasteiger partial charge on any atom is -0.419 e. The molecule has 1 fully saturated rings. The Balaban J connectivity index is 1.36. The molecule has 1 saturated heterocycles. The number of hydrogen-bond acceptors (Lipinski definition) is 5. The molecule has 1 aromatic heterocycles. The number of aromatic nitrogens is 2. The van der Waals surface area contributed by atoms with Gasteiger partial charge in [-0.1, -0.05) is 23.8 Å². The fourth-order valence-electron chi connectivity index (χ4n) is 3.45. The fourth-order valence-corrected chi connectivity index (χ4v) is 3.45. The molecule has 0 bridgehead atoms. The molecule has 0 spiro atoms. The first-order chi connectivity index (χ1) is 13.9. The van der Waals surface area contributed by atoms with Gasteiger partial charge in [-0.3, -0.25) is 4.90 Å². The molecule has 29 heavy (non-hydrogen) atoms. The van der Waals surface area contributed by atoms with Gasteiger partial charge in [0.25, 0.3) is 0 Å². The molecule has 0 radical (unpaired) electrons. The van der Waals surface area contributed by atoms with E-state index in [0.29, 0.717) is 50.2 Å².